The Bertz CT molecular complexity index is 716. The number of aliphatic hydroxyl groups is 1. The van der Waals surface area contributed by atoms with E-state index < -0.39 is 5.60 Å². The van der Waals surface area contributed by atoms with E-state index in [0.717, 1.165) is 10.4 Å². The highest BCUT2D eigenvalue weighted by Crippen LogP contribution is 2.35. The summed E-state index contributed by atoms with van der Waals surface area (Å²) in [6.07, 6.45) is 2.19. The van der Waals surface area contributed by atoms with E-state index >= 15 is 0 Å². The molecule has 3 nitrogen and oxygen atoms in total. The quantitative estimate of drug-likeness (QED) is 0.775. The van der Waals surface area contributed by atoms with Crippen LogP contribution in [0.5, 0.6) is 0 Å². The normalized spacial score (nSPS) is 14.3. The minimum Gasteiger partial charge on any atom is -0.384 e. The molecule has 0 saturated carbocycles. The first-order valence-electron chi connectivity index (χ1n) is 6.46. The van der Waals surface area contributed by atoms with Gasteiger partial charge in [0.15, 0.2) is 0 Å². The summed E-state index contributed by atoms with van der Waals surface area (Å²) in [6, 6.07) is 13.9. The van der Waals surface area contributed by atoms with E-state index in [1.807, 2.05) is 31.2 Å². The van der Waals surface area contributed by atoms with Crippen LogP contribution in [-0.4, -0.2) is 10.1 Å². The molecule has 1 atom stereocenters. The number of aromatic nitrogens is 1. The molecule has 0 radical (unpaired) electrons. The van der Waals surface area contributed by atoms with Crippen LogP contribution in [0.1, 0.15) is 17.4 Å². The summed E-state index contributed by atoms with van der Waals surface area (Å²) in [7, 11) is 0. The van der Waals surface area contributed by atoms with Gasteiger partial charge in [0.25, 0.3) is 0 Å². The van der Waals surface area contributed by atoms with Crippen LogP contribution < -0.4 is 5.73 Å². The summed E-state index contributed by atoms with van der Waals surface area (Å²) < 4.78 is 1.19. The maximum Gasteiger partial charge on any atom is 0.123 e. The van der Waals surface area contributed by atoms with Gasteiger partial charge in [-0.3, -0.25) is 0 Å². The van der Waals surface area contributed by atoms with E-state index in [-0.39, 0.29) is 0 Å². The smallest absolute Gasteiger partial charge is 0.123 e. The number of benzene rings is 1. The molecule has 3 rings (SSSR count). The van der Waals surface area contributed by atoms with E-state index in [1.165, 1.54) is 10.1 Å². The minimum atomic E-state index is -0.905. The van der Waals surface area contributed by atoms with Gasteiger partial charge in [-0.05, 0) is 42.1 Å². The SMILES string of the molecule is CC(O)(Cc1ccnc(N)c1)c1cc2ccccc2s1. The molecule has 0 fully saturated rings. The Morgan fingerprint density at radius 2 is 2.05 bits per heavy atom. The molecule has 1 unspecified atom stereocenters. The zero-order valence-electron chi connectivity index (χ0n) is 11.2. The Morgan fingerprint density at radius 1 is 1.25 bits per heavy atom. The van der Waals surface area contributed by atoms with Crippen molar-refractivity contribution in [2.45, 2.75) is 18.9 Å². The van der Waals surface area contributed by atoms with Gasteiger partial charge < -0.3 is 10.8 Å². The van der Waals surface area contributed by atoms with Crippen molar-refractivity contribution in [3.63, 3.8) is 0 Å². The number of hydrogen-bond acceptors (Lipinski definition) is 4. The molecule has 1 aromatic carbocycles. The van der Waals surface area contributed by atoms with Crippen LogP contribution >= 0.6 is 11.3 Å². The molecular formula is C16H16N2OS. The maximum absolute atomic E-state index is 10.8. The van der Waals surface area contributed by atoms with Crippen molar-refractivity contribution in [3.8, 4) is 0 Å². The zero-order chi connectivity index (χ0) is 14.2. The third kappa shape index (κ3) is 2.53. The van der Waals surface area contributed by atoms with Gasteiger partial charge in [0.2, 0.25) is 0 Å². The number of fused-ring (bicyclic) bond motifs is 1. The highest BCUT2D eigenvalue weighted by atomic mass is 32.1. The summed E-state index contributed by atoms with van der Waals surface area (Å²) in [4.78, 5) is 4.94. The van der Waals surface area contributed by atoms with Crippen molar-refractivity contribution in [2.24, 2.45) is 0 Å². The molecule has 0 aliphatic carbocycles. The van der Waals surface area contributed by atoms with Gasteiger partial charge in [-0.2, -0.15) is 0 Å². The molecule has 3 N–H and O–H groups in total. The lowest BCUT2D eigenvalue weighted by atomic mass is 9.95. The minimum absolute atomic E-state index is 0.481. The summed E-state index contributed by atoms with van der Waals surface area (Å²) >= 11 is 1.63. The van der Waals surface area contributed by atoms with Crippen molar-refractivity contribution in [2.75, 3.05) is 5.73 Å². The lowest BCUT2D eigenvalue weighted by molar-refractivity contribution is 0.0616. The van der Waals surface area contributed by atoms with Crippen LogP contribution in [0.25, 0.3) is 10.1 Å². The molecular weight excluding hydrogens is 268 g/mol. The molecule has 4 heteroatoms. The van der Waals surface area contributed by atoms with Crippen LogP contribution in [0.4, 0.5) is 5.82 Å². The lowest BCUT2D eigenvalue weighted by Crippen LogP contribution is -2.22. The molecule has 0 saturated heterocycles. The van der Waals surface area contributed by atoms with E-state index in [2.05, 4.69) is 23.2 Å². The van der Waals surface area contributed by atoms with Crippen molar-refractivity contribution in [1.82, 2.24) is 4.98 Å². The third-order valence-corrected chi connectivity index (χ3v) is 4.72. The topological polar surface area (TPSA) is 59.1 Å². The fourth-order valence-corrected chi connectivity index (χ4v) is 3.44. The number of hydrogen-bond donors (Lipinski definition) is 2. The number of nitrogens with zero attached hydrogens (tertiary/aromatic N) is 1. The van der Waals surface area contributed by atoms with Crippen LogP contribution in [0.2, 0.25) is 0 Å². The summed E-state index contributed by atoms with van der Waals surface area (Å²) in [5.41, 5.74) is 5.77. The fourth-order valence-electron chi connectivity index (χ4n) is 2.34. The molecule has 3 aromatic rings. The van der Waals surface area contributed by atoms with Crippen molar-refractivity contribution < 1.29 is 5.11 Å². The molecule has 0 aliphatic heterocycles. The fraction of sp³-hybridized carbons (Fsp3) is 0.188. The van der Waals surface area contributed by atoms with Crippen molar-refractivity contribution in [3.05, 3.63) is 59.1 Å². The number of rotatable bonds is 3. The molecule has 2 heterocycles. The van der Waals surface area contributed by atoms with Crippen LogP contribution in [0.15, 0.2) is 48.7 Å². The second-order valence-corrected chi connectivity index (χ2v) is 6.27. The maximum atomic E-state index is 10.8. The van der Waals surface area contributed by atoms with Gasteiger partial charge in [-0.15, -0.1) is 11.3 Å². The predicted molar refractivity (Wildman–Crippen MR) is 83.7 cm³/mol. The van der Waals surface area contributed by atoms with E-state index in [4.69, 9.17) is 5.73 Å². The van der Waals surface area contributed by atoms with Gasteiger partial charge in [0.1, 0.15) is 5.82 Å². The van der Waals surface area contributed by atoms with Crippen molar-refractivity contribution in [1.29, 1.82) is 0 Å². The molecule has 102 valence electrons. The second kappa shape index (κ2) is 4.89. The van der Waals surface area contributed by atoms with Crippen LogP contribution in [0, 0.1) is 0 Å². The van der Waals surface area contributed by atoms with Crippen LogP contribution in [-0.2, 0) is 12.0 Å². The van der Waals surface area contributed by atoms with Gasteiger partial charge in [-0.1, -0.05) is 18.2 Å². The average Bonchev–Trinajstić information content (AvgIpc) is 2.82. The Balaban J connectivity index is 1.94. The number of thiophene rings is 1. The largest absolute Gasteiger partial charge is 0.384 e. The molecule has 0 spiro atoms. The number of nitrogen functional groups attached to an aromatic ring is 1. The highest BCUT2D eigenvalue weighted by molar-refractivity contribution is 7.19. The molecule has 0 aliphatic rings. The first kappa shape index (κ1) is 13.1. The Labute approximate surface area is 121 Å². The average molecular weight is 284 g/mol. The molecule has 0 amide bonds. The highest BCUT2D eigenvalue weighted by Gasteiger charge is 2.26. The third-order valence-electron chi connectivity index (χ3n) is 3.35. The number of anilines is 1. The summed E-state index contributed by atoms with van der Waals surface area (Å²) in [6.45, 7) is 1.84. The number of nitrogens with two attached hydrogens (primary N) is 1. The Hall–Kier alpha value is -1.91. The standard InChI is InChI=1S/C16H16N2OS/c1-16(19,10-11-6-7-18-15(17)8-11)14-9-12-4-2-3-5-13(12)20-14/h2-9,19H,10H2,1H3,(H2,17,18). The van der Waals surface area contributed by atoms with E-state index in [9.17, 15) is 5.11 Å². The molecule has 20 heavy (non-hydrogen) atoms. The van der Waals surface area contributed by atoms with Gasteiger partial charge in [-0.25, -0.2) is 4.98 Å². The van der Waals surface area contributed by atoms with Gasteiger partial charge >= 0.3 is 0 Å². The van der Waals surface area contributed by atoms with E-state index in [0.29, 0.717) is 12.2 Å². The summed E-state index contributed by atoms with van der Waals surface area (Å²) in [5, 5.41) is 11.9. The molecule has 0 bridgehead atoms. The first-order chi connectivity index (χ1) is 9.54. The van der Waals surface area contributed by atoms with Crippen LogP contribution in [0.3, 0.4) is 0 Å². The van der Waals surface area contributed by atoms with Gasteiger partial charge in [0, 0.05) is 22.2 Å². The van der Waals surface area contributed by atoms with Gasteiger partial charge in [0.05, 0.1) is 5.60 Å². The summed E-state index contributed by atoms with van der Waals surface area (Å²) in [5.74, 6) is 0.481. The monoisotopic (exact) mass is 284 g/mol. The Morgan fingerprint density at radius 3 is 2.80 bits per heavy atom. The zero-order valence-corrected chi connectivity index (χ0v) is 12.0. The first-order valence-corrected chi connectivity index (χ1v) is 7.28. The van der Waals surface area contributed by atoms with Crippen molar-refractivity contribution >= 4 is 27.2 Å². The van der Waals surface area contributed by atoms with E-state index in [1.54, 1.807) is 17.5 Å². The Kier molecular flexibility index (Phi) is 3.20. The lowest BCUT2D eigenvalue weighted by Gasteiger charge is -2.22. The molecule has 2 aromatic heterocycles. The second-order valence-electron chi connectivity index (χ2n) is 5.19. The predicted octanol–water partition coefficient (Wildman–Crippen LogP) is 3.33. The number of pyridine rings is 1.